The minimum atomic E-state index is -4.46. The molecule has 0 saturated carbocycles. The van der Waals surface area contributed by atoms with Gasteiger partial charge in [0.05, 0.1) is 12.8 Å². The molecule has 0 radical (unpaired) electrons. The van der Waals surface area contributed by atoms with Crippen molar-refractivity contribution in [1.29, 1.82) is 0 Å². The average Bonchev–Trinajstić information content (AvgIpc) is 2.27. The maximum atomic E-state index is 12.0. The summed E-state index contributed by atoms with van der Waals surface area (Å²) in [7, 11) is 0. The largest absolute Gasteiger partial charge is 0.481 e. The van der Waals surface area contributed by atoms with Gasteiger partial charge in [0, 0.05) is 19.5 Å². The minimum absolute atomic E-state index is 0.0143. The maximum Gasteiger partial charge on any atom is 0.389 e. The molecule has 0 aromatic carbocycles. The van der Waals surface area contributed by atoms with Crippen molar-refractivity contribution >= 4 is 17.8 Å². The number of alkyl halides is 3. The summed E-state index contributed by atoms with van der Waals surface area (Å²) in [6, 6.07) is -1.24. The Hall–Kier alpha value is -1.80. The summed E-state index contributed by atoms with van der Waals surface area (Å²) in [5, 5.41) is 11.0. The van der Waals surface area contributed by atoms with E-state index in [-0.39, 0.29) is 13.1 Å². The molecule has 0 aromatic rings. The predicted molar refractivity (Wildman–Crippen MR) is 56.1 cm³/mol. The number of carboxylic acids is 1. The summed E-state index contributed by atoms with van der Waals surface area (Å²) in [5.74, 6) is -2.82. The Labute approximate surface area is 106 Å². The number of carboxylic acid groups (broad SMARTS) is 1. The lowest BCUT2D eigenvalue weighted by Gasteiger charge is -2.34. The Morgan fingerprint density at radius 2 is 2.05 bits per heavy atom. The molecule has 0 bridgehead atoms. The highest BCUT2D eigenvalue weighted by atomic mass is 19.4. The molecule has 0 aliphatic carbocycles. The van der Waals surface area contributed by atoms with Crippen molar-refractivity contribution in [3.8, 4) is 0 Å². The lowest BCUT2D eigenvalue weighted by molar-refractivity contribution is -0.155. The van der Waals surface area contributed by atoms with Crippen molar-refractivity contribution in [3.63, 3.8) is 0 Å². The summed E-state index contributed by atoms with van der Waals surface area (Å²) in [4.78, 5) is 34.6. The van der Waals surface area contributed by atoms with Crippen molar-refractivity contribution in [2.75, 3.05) is 13.1 Å². The highest BCUT2D eigenvalue weighted by Gasteiger charge is 2.36. The van der Waals surface area contributed by atoms with Gasteiger partial charge in [-0.1, -0.05) is 0 Å². The summed E-state index contributed by atoms with van der Waals surface area (Å²) >= 11 is 0. The number of hydrogen-bond acceptors (Lipinski definition) is 3. The Balaban J connectivity index is 2.68. The molecule has 9 heteroatoms. The fourth-order valence-corrected chi connectivity index (χ4v) is 1.77. The van der Waals surface area contributed by atoms with Crippen LogP contribution in [0.5, 0.6) is 0 Å². The first-order valence-electron chi connectivity index (χ1n) is 5.56. The molecular formula is C10H13F3N2O4. The second-order valence-corrected chi connectivity index (χ2v) is 4.11. The summed E-state index contributed by atoms with van der Waals surface area (Å²) in [5.41, 5.74) is 0. The molecule has 0 spiro atoms. The van der Waals surface area contributed by atoms with E-state index >= 15 is 0 Å². The summed E-state index contributed by atoms with van der Waals surface area (Å²) in [6.45, 7) is 0.118. The molecule has 2 N–H and O–H groups in total. The zero-order chi connectivity index (χ0) is 14.6. The number of nitrogens with zero attached hydrogens (tertiary/aromatic N) is 1. The van der Waals surface area contributed by atoms with Gasteiger partial charge in [-0.15, -0.1) is 0 Å². The van der Waals surface area contributed by atoms with Gasteiger partial charge in [0.1, 0.15) is 6.04 Å². The summed E-state index contributed by atoms with van der Waals surface area (Å²) < 4.78 is 36.1. The fraction of sp³-hybridized carbons (Fsp3) is 0.700. The van der Waals surface area contributed by atoms with Crippen LogP contribution in [-0.2, 0) is 14.4 Å². The third-order valence-electron chi connectivity index (χ3n) is 2.64. The molecule has 1 saturated heterocycles. The Morgan fingerprint density at radius 3 is 2.58 bits per heavy atom. The maximum absolute atomic E-state index is 12.0. The number of piperazine rings is 1. The van der Waals surface area contributed by atoms with Gasteiger partial charge in [-0.2, -0.15) is 13.2 Å². The van der Waals surface area contributed by atoms with Crippen LogP contribution in [0.3, 0.4) is 0 Å². The topological polar surface area (TPSA) is 86.7 Å². The molecule has 1 unspecified atom stereocenters. The third kappa shape index (κ3) is 4.76. The number of carbonyl (C=O) groups excluding carboxylic acids is 2. The zero-order valence-electron chi connectivity index (χ0n) is 9.87. The Bertz CT molecular complexity index is 383. The smallest absolute Gasteiger partial charge is 0.389 e. The molecule has 0 aromatic heterocycles. The van der Waals surface area contributed by atoms with Gasteiger partial charge in [0.2, 0.25) is 11.8 Å². The number of halogens is 3. The van der Waals surface area contributed by atoms with Crippen LogP contribution < -0.4 is 5.32 Å². The van der Waals surface area contributed by atoms with Gasteiger partial charge >= 0.3 is 12.1 Å². The van der Waals surface area contributed by atoms with Gasteiger partial charge < -0.3 is 15.3 Å². The SMILES string of the molecule is O=C(O)CC1C(=O)NCCN1C(=O)CCC(F)(F)F. The molecule has 1 rings (SSSR count). The minimum Gasteiger partial charge on any atom is -0.481 e. The van der Waals surface area contributed by atoms with Crippen LogP contribution in [0.4, 0.5) is 13.2 Å². The average molecular weight is 282 g/mol. The van der Waals surface area contributed by atoms with Gasteiger partial charge in [-0.3, -0.25) is 14.4 Å². The summed E-state index contributed by atoms with van der Waals surface area (Å²) in [6.07, 6.45) is -7.16. The highest BCUT2D eigenvalue weighted by molar-refractivity contribution is 5.91. The van der Waals surface area contributed by atoms with E-state index in [1.54, 1.807) is 0 Å². The monoisotopic (exact) mass is 282 g/mol. The first-order valence-corrected chi connectivity index (χ1v) is 5.56. The second-order valence-electron chi connectivity index (χ2n) is 4.11. The molecule has 1 heterocycles. The molecule has 1 atom stereocenters. The van der Waals surface area contributed by atoms with Gasteiger partial charge in [-0.25, -0.2) is 0 Å². The standard InChI is InChI=1S/C10H13F3N2O4/c11-10(12,13)2-1-7(16)15-4-3-14-9(19)6(15)5-8(17)18/h6H,1-5H2,(H,14,19)(H,17,18). The number of rotatable bonds is 4. The number of aliphatic carboxylic acids is 1. The van der Waals surface area contributed by atoms with Crippen molar-refractivity contribution in [2.24, 2.45) is 0 Å². The van der Waals surface area contributed by atoms with Crippen LogP contribution >= 0.6 is 0 Å². The van der Waals surface area contributed by atoms with Crippen molar-refractivity contribution < 1.29 is 32.7 Å². The number of carbonyl (C=O) groups is 3. The van der Waals surface area contributed by atoms with E-state index in [9.17, 15) is 27.6 Å². The van der Waals surface area contributed by atoms with Crippen molar-refractivity contribution in [2.45, 2.75) is 31.5 Å². The van der Waals surface area contributed by atoms with E-state index in [1.807, 2.05) is 0 Å². The first-order chi connectivity index (χ1) is 8.70. The molecule has 19 heavy (non-hydrogen) atoms. The quantitative estimate of drug-likeness (QED) is 0.767. The van der Waals surface area contributed by atoms with Crippen molar-refractivity contribution in [1.82, 2.24) is 10.2 Å². The van der Waals surface area contributed by atoms with E-state index in [0.29, 0.717) is 0 Å². The first kappa shape index (κ1) is 15.3. The van der Waals surface area contributed by atoms with E-state index < -0.39 is 49.3 Å². The molecule has 1 fully saturated rings. The van der Waals surface area contributed by atoms with E-state index in [4.69, 9.17) is 5.11 Å². The lowest BCUT2D eigenvalue weighted by Crippen LogP contribution is -2.57. The molecule has 108 valence electrons. The van der Waals surface area contributed by atoms with Crippen LogP contribution in [0.1, 0.15) is 19.3 Å². The number of nitrogens with one attached hydrogen (secondary N) is 1. The predicted octanol–water partition coefficient (Wildman–Crippen LogP) is 0.131. The fourth-order valence-electron chi connectivity index (χ4n) is 1.77. The van der Waals surface area contributed by atoms with Crippen LogP contribution in [-0.4, -0.2) is 53.1 Å². The van der Waals surface area contributed by atoms with Gasteiger partial charge in [0.15, 0.2) is 0 Å². The van der Waals surface area contributed by atoms with Gasteiger partial charge in [0.25, 0.3) is 0 Å². The molecule has 1 aliphatic rings. The molecule has 6 nitrogen and oxygen atoms in total. The Kier molecular flexibility index (Phi) is 4.73. The third-order valence-corrected chi connectivity index (χ3v) is 2.64. The normalized spacial score (nSPS) is 20.1. The van der Waals surface area contributed by atoms with Crippen molar-refractivity contribution in [3.05, 3.63) is 0 Å². The van der Waals surface area contributed by atoms with Crippen LogP contribution in [0.25, 0.3) is 0 Å². The molecule has 1 aliphatic heterocycles. The van der Waals surface area contributed by atoms with E-state index in [1.165, 1.54) is 0 Å². The lowest BCUT2D eigenvalue weighted by atomic mass is 10.1. The van der Waals surface area contributed by atoms with E-state index in [2.05, 4.69) is 5.32 Å². The number of amides is 2. The van der Waals surface area contributed by atoms with Crippen LogP contribution in [0.2, 0.25) is 0 Å². The van der Waals surface area contributed by atoms with Crippen LogP contribution in [0, 0.1) is 0 Å². The van der Waals surface area contributed by atoms with Gasteiger partial charge in [-0.05, 0) is 0 Å². The van der Waals surface area contributed by atoms with Crippen LogP contribution in [0.15, 0.2) is 0 Å². The second kappa shape index (κ2) is 5.89. The highest BCUT2D eigenvalue weighted by Crippen LogP contribution is 2.22. The molecular weight excluding hydrogens is 269 g/mol. The number of hydrogen-bond donors (Lipinski definition) is 2. The molecule has 2 amide bonds. The zero-order valence-corrected chi connectivity index (χ0v) is 9.87. The Morgan fingerprint density at radius 1 is 1.42 bits per heavy atom. The van der Waals surface area contributed by atoms with E-state index in [0.717, 1.165) is 4.90 Å².